The Bertz CT molecular complexity index is 348. The van der Waals surface area contributed by atoms with E-state index >= 15 is 0 Å². The number of rotatable bonds is 9. The third-order valence-electron chi connectivity index (χ3n) is 2.17. The molecule has 0 bridgehead atoms. The van der Waals surface area contributed by atoms with Gasteiger partial charge in [-0.15, -0.1) is 0 Å². The Hall–Kier alpha value is -0.670. The molecule has 0 unspecified atom stereocenters. The highest BCUT2D eigenvalue weighted by molar-refractivity contribution is 7.48. The maximum atomic E-state index is 12.4. The van der Waals surface area contributed by atoms with Crippen molar-refractivity contribution in [3.8, 4) is 0 Å². The van der Waals surface area contributed by atoms with Crippen molar-refractivity contribution >= 4 is 7.82 Å². The summed E-state index contributed by atoms with van der Waals surface area (Å²) < 4.78 is 28.2. The summed E-state index contributed by atoms with van der Waals surface area (Å²) in [5.41, 5.74) is 3.26. The molecule has 0 aromatic carbocycles. The molecule has 0 rings (SSSR count). The average Bonchev–Trinajstić information content (AvgIpc) is 2.27. The molecular formula is C15H27O4P. The zero-order chi connectivity index (χ0) is 15.6. The van der Waals surface area contributed by atoms with Crippen LogP contribution in [0.5, 0.6) is 0 Å². The zero-order valence-electron chi connectivity index (χ0n) is 13.4. The molecular weight excluding hydrogens is 275 g/mol. The molecule has 0 aromatic rings. The fraction of sp³-hybridized carbons (Fsp3) is 0.600. The van der Waals surface area contributed by atoms with E-state index in [0.717, 1.165) is 16.7 Å². The average molecular weight is 302 g/mol. The summed E-state index contributed by atoms with van der Waals surface area (Å²) in [5.74, 6) is 0. The first-order chi connectivity index (χ1) is 9.25. The Morgan fingerprint density at radius 2 is 0.950 bits per heavy atom. The second-order valence-corrected chi connectivity index (χ2v) is 6.85. The highest BCUT2D eigenvalue weighted by Crippen LogP contribution is 2.49. The van der Waals surface area contributed by atoms with Crippen LogP contribution in [0.1, 0.15) is 41.5 Å². The summed E-state index contributed by atoms with van der Waals surface area (Å²) >= 11 is 0. The second-order valence-electron chi connectivity index (χ2n) is 5.18. The van der Waals surface area contributed by atoms with Crippen molar-refractivity contribution in [2.24, 2.45) is 0 Å². The predicted molar refractivity (Wildman–Crippen MR) is 83.8 cm³/mol. The van der Waals surface area contributed by atoms with Crippen LogP contribution in [0.15, 0.2) is 34.9 Å². The van der Waals surface area contributed by atoms with Gasteiger partial charge in [0.2, 0.25) is 0 Å². The van der Waals surface area contributed by atoms with E-state index in [4.69, 9.17) is 13.6 Å². The van der Waals surface area contributed by atoms with Crippen LogP contribution in [0, 0.1) is 0 Å². The van der Waals surface area contributed by atoms with Crippen LogP contribution in [-0.2, 0) is 18.1 Å². The van der Waals surface area contributed by atoms with E-state index in [1.54, 1.807) is 0 Å². The molecule has 0 amide bonds. The molecule has 0 heterocycles. The Balaban J connectivity index is 4.57. The van der Waals surface area contributed by atoms with Gasteiger partial charge in [0.1, 0.15) is 0 Å². The van der Waals surface area contributed by atoms with Gasteiger partial charge < -0.3 is 0 Å². The lowest BCUT2D eigenvalue weighted by molar-refractivity contribution is 0.141. The molecule has 0 aliphatic carbocycles. The predicted octanol–water partition coefficient (Wildman–Crippen LogP) is 5.04. The van der Waals surface area contributed by atoms with Crippen LogP contribution >= 0.6 is 7.82 Å². The summed E-state index contributed by atoms with van der Waals surface area (Å²) in [6.45, 7) is 12.3. The van der Waals surface area contributed by atoms with E-state index in [-0.39, 0.29) is 19.8 Å². The number of phosphoric acid groups is 1. The minimum atomic E-state index is -3.52. The SMILES string of the molecule is CC(C)=CCOP(=O)(OCC=C(C)C)OCC=C(C)C. The van der Waals surface area contributed by atoms with E-state index in [0.29, 0.717) is 0 Å². The summed E-state index contributed by atoms with van der Waals surface area (Å²) in [5, 5.41) is 0. The first kappa shape index (κ1) is 19.3. The normalized spacial score (nSPS) is 10.9. The van der Waals surface area contributed by atoms with Crippen molar-refractivity contribution in [3.63, 3.8) is 0 Å². The van der Waals surface area contributed by atoms with E-state index in [1.807, 2.05) is 59.8 Å². The Morgan fingerprint density at radius 3 is 1.15 bits per heavy atom. The molecule has 0 aliphatic rings. The van der Waals surface area contributed by atoms with E-state index in [2.05, 4.69) is 0 Å². The molecule has 0 fully saturated rings. The van der Waals surface area contributed by atoms with Crippen LogP contribution < -0.4 is 0 Å². The number of hydrogen-bond acceptors (Lipinski definition) is 4. The molecule has 116 valence electrons. The maximum absolute atomic E-state index is 12.4. The lowest BCUT2D eigenvalue weighted by Crippen LogP contribution is -2.02. The van der Waals surface area contributed by atoms with Crippen molar-refractivity contribution in [2.75, 3.05) is 19.8 Å². The van der Waals surface area contributed by atoms with Gasteiger partial charge in [-0.3, -0.25) is 13.6 Å². The topological polar surface area (TPSA) is 44.8 Å². The van der Waals surface area contributed by atoms with Gasteiger partial charge in [0.05, 0.1) is 19.8 Å². The summed E-state index contributed by atoms with van der Waals surface area (Å²) in [6, 6.07) is 0. The van der Waals surface area contributed by atoms with Crippen molar-refractivity contribution in [1.29, 1.82) is 0 Å². The van der Waals surface area contributed by atoms with Crippen molar-refractivity contribution in [1.82, 2.24) is 0 Å². The van der Waals surface area contributed by atoms with E-state index < -0.39 is 7.82 Å². The molecule has 20 heavy (non-hydrogen) atoms. The second kappa shape index (κ2) is 10.1. The molecule has 0 saturated heterocycles. The van der Waals surface area contributed by atoms with Crippen LogP contribution in [0.2, 0.25) is 0 Å². The number of phosphoric ester groups is 1. The van der Waals surface area contributed by atoms with Crippen LogP contribution in [0.25, 0.3) is 0 Å². The third-order valence-corrected chi connectivity index (χ3v) is 3.57. The standard InChI is InChI=1S/C15H27O4P/c1-13(2)7-10-17-20(16,18-11-8-14(3)4)19-12-9-15(5)6/h7-9H,10-12H2,1-6H3. The molecule has 0 aliphatic heterocycles. The van der Waals surface area contributed by atoms with E-state index in [1.165, 1.54) is 0 Å². The van der Waals surface area contributed by atoms with Crippen LogP contribution in [0.3, 0.4) is 0 Å². The molecule has 0 atom stereocenters. The minimum Gasteiger partial charge on any atom is -0.283 e. The van der Waals surface area contributed by atoms with Gasteiger partial charge in [-0.05, 0) is 41.5 Å². The van der Waals surface area contributed by atoms with Gasteiger partial charge >= 0.3 is 7.82 Å². The molecule has 5 heteroatoms. The first-order valence-electron chi connectivity index (χ1n) is 6.69. The summed E-state index contributed by atoms with van der Waals surface area (Å²) in [6.07, 6.45) is 5.50. The van der Waals surface area contributed by atoms with Gasteiger partial charge in [0.15, 0.2) is 0 Å². The molecule has 0 spiro atoms. The highest BCUT2D eigenvalue weighted by atomic mass is 31.2. The fourth-order valence-corrected chi connectivity index (χ4v) is 1.99. The highest BCUT2D eigenvalue weighted by Gasteiger charge is 2.25. The summed E-state index contributed by atoms with van der Waals surface area (Å²) in [7, 11) is -3.52. The third kappa shape index (κ3) is 11.2. The Labute approximate surface area is 123 Å². The lowest BCUT2D eigenvalue weighted by Gasteiger charge is -2.16. The van der Waals surface area contributed by atoms with Crippen LogP contribution in [-0.4, -0.2) is 19.8 Å². The van der Waals surface area contributed by atoms with Crippen molar-refractivity contribution in [3.05, 3.63) is 34.9 Å². The van der Waals surface area contributed by atoms with Gasteiger partial charge in [-0.2, -0.15) is 0 Å². The Kier molecular flexibility index (Phi) is 9.78. The number of hydrogen-bond donors (Lipinski definition) is 0. The lowest BCUT2D eigenvalue weighted by atomic mass is 10.3. The maximum Gasteiger partial charge on any atom is 0.475 e. The molecule has 4 nitrogen and oxygen atoms in total. The molecule has 0 saturated carbocycles. The van der Waals surface area contributed by atoms with Gasteiger partial charge in [0.25, 0.3) is 0 Å². The van der Waals surface area contributed by atoms with Crippen molar-refractivity contribution < 1.29 is 18.1 Å². The zero-order valence-corrected chi connectivity index (χ0v) is 14.3. The van der Waals surface area contributed by atoms with E-state index in [9.17, 15) is 4.57 Å². The first-order valence-corrected chi connectivity index (χ1v) is 8.15. The fourth-order valence-electron chi connectivity index (χ4n) is 0.997. The summed E-state index contributed by atoms with van der Waals surface area (Å²) in [4.78, 5) is 0. The number of allylic oxidation sites excluding steroid dienone is 3. The largest absolute Gasteiger partial charge is 0.475 e. The molecule has 0 N–H and O–H groups in total. The quantitative estimate of drug-likeness (QED) is 0.442. The minimum absolute atomic E-state index is 0.212. The monoisotopic (exact) mass is 302 g/mol. The van der Waals surface area contributed by atoms with Crippen LogP contribution in [0.4, 0.5) is 0 Å². The smallest absolute Gasteiger partial charge is 0.283 e. The van der Waals surface area contributed by atoms with Gasteiger partial charge in [0, 0.05) is 0 Å². The van der Waals surface area contributed by atoms with Gasteiger partial charge in [-0.1, -0.05) is 34.9 Å². The molecule has 0 aromatic heterocycles. The van der Waals surface area contributed by atoms with Gasteiger partial charge in [-0.25, -0.2) is 4.57 Å². The molecule has 0 radical (unpaired) electrons. The van der Waals surface area contributed by atoms with Crippen molar-refractivity contribution in [2.45, 2.75) is 41.5 Å². The Morgan fingerprint density at radius 1 is 0.700 bits per heavy atom.